The van der Waals surface area contributed by atoms with Crippen molar-refractivity contribution in [2.75, 3.05) is 13.6 Å². The van der Waals surface area contributed by atoms with Crippen LogP contribution < -0.4 is 5.32 Å². The number of hydrogen-bond donors (Lipinski definition) is 1. The van der Waals surface area contributed by atoms with E-state index in [1.54, 1.807) is 4.90 Å². The molecule has 1 unspecified atom stereocenters. The first-order valence-corrected chi connectivity index (χ1v) is 7.04. The molecule has 0 fully saturated rings. The molecule has 100 valence electrons. The Hall–Kier alpha value is -0.870. The van der Waals surface area contributed by atoms with E-state index in [2.05, 4.69) is 21.2 Å². The van der Waals surface area contributed by atoms with E-state index in [-0.39, 0.29) is 11.9 Å². The van der Waals surface area contributed by atoms with E-state index >= 15 is 0 Å². The summed E-state index contributed by atoms with van der Waals surface area (Å²) in [6.45, 7) is 5.61. The molecule has 0 aliphatic carbocycles. The minimum absolute atomic E-state index is 0.166. The predicted octanol–water partition coefficient (Wildman–Crippen LogP) is 2.80. The van der Waals surface area contributed by atoms with E-state index < -0.39 is 0 Å². The molecule has 1 rings (SSSR count). The lowest BCUT2D eigenvalue weighted by Gasteiger charge is -2.20. The number of halogens is 1. The standard InChI is InChI=1S/C14H21BrN2O/c1-4-16-11(2)9-14(18)17(3)10-12-7-5-6-8-13(12)15/h5-8,11,16H,4,9-10H2,1-3H3. The Balaban J connectivity index is 2.52. The zero-order valence-electron chi connectivity index (χ0n) is 11.2. The normalized spacial score (nSPS) is 12.2. The molecule has 18 heavy (non-hydrogen) atoms. The molecule has 0 radical (unpaired) electrons. The van der Waals surface area contributed by atoms with Crippen LogP contribution in [0.3, 0.4) is 0 Å². The molecule has 1 amide bonds. The molecule has 0 aliphatic rings. The summed E-state index contributed by atoms with van der Waals surface area (Å²) in [4.78, 5) is 13.8. The van der Waals surface area contributed by atoms with Crippen molar-refractivity contribution in [3.05, 3.63) is 34.3 Å². The van der Waals surface area contributed by atoms with Gasteiger partial charge in [-0.05, 0) is 25.1 Å². The average molecular weight is 313 g/mol. The third-order valence-corrected chi connectivity index (χ3v) is 3.60. The Morgan fingerprint density at radius 3 is 2.72 bits per heavy atom. The maximum absolute atomic E-state index is 12.0. The lowest BCUT2D eigenvalue weighted by atomic mass is 10.2. The van der Waals surface area contributed by atoms with Crippen molar-refractivity contribution < 1.29 is 4.79 Å². The van der Waals surface area contributed by atoms with E-state index in [4.69, 9.17) is 0 Å². The summed E-state index contributed by atoms with van der Waals surface area (Å²) in [6.07, 6.45) is 0.537. The third kappa shape index (κ3) is 4.78. The van der Waals surface area contributed by atoms with Gasteiger partial charge in [-0.25, -0.2) is 0 Å². The van der Waals surface area contributed by atoms with Gasteiger partial charge in [-0.15, -0.1) is 0 Å². The van der Waals surface area contributed by atoms with Crippen LogP contribution in [0, 0.1) is 0 Å². The second-order valence-corrected chi connectivity index (χ2v) is 5.36. The molecule has 0 saturated carbocycles. The van der Waals surface area contributed by atoms with Gasteiger partial charge in [0.15, 0.2) is 0 Å². The molecular formula is C14H21BrN2O. The average Bonchev–Trinajstić information content (AvgIpc) is 2.32. The summed E-state index contributed by atoms with van der Waals surface area (Å²) in [5.74, 6) is 0.166. The molecule has 1 aromatic carbocycles. The molecular weight excluding hydrogens is 292 g/mol. The maximum Gasteiger partial charge on any atom is 0.224 e. The van der Waals surface area contributed by atoms with Crippen molar-refractivity contribution in [3.63, 3.8) is 0 Å². The van der Waals surface area contributed by atoms with Gasteiger partial charge < -0.3 is 10.2 Å². The second-order valence-electron chi connectivity index (χ2n) is 4.50. The molecule has 0 spiro atoms. The zero-order chi connectivity index (χ0) is 13.5. The van der Waals surface area contributed by atoms with Crippen LogP contribution in [0.1, 0.15) is 25.8 Å². The van der Waals surface area contributed by atoms with Crippen LogP contribution in [0.4, 0.5) is 0 Å². The van der Waals surface area contributed by atoms with Gasteiger partial charge in [0.2, 0.25) is 5.91 Å². The molecule has 4 heteroatoms. The van der Waals surface area contributed by atoms with Gasteiger partial charge in [0.05, 0.1) is 0 Å². The van der Waals surface area contributed by atoms with Gasteiger partial charge in [-0.1, -0.05) is 41.1 Å². The van der Waals surface area contributed by atoms with Crippen LogP contribution in [-0.4, -0.2) is 30.4 Å². The van der Waals surface area contributed by atoms with Gasteiger partial charge >= 0.3 is 0 Å². The first kappa shape index (κ1) is 15.2. The minimum Gasteiger partial charge on any atom is -0.341 e. The minimum atomic E-state index is 0.166. The second kappa shape index (κ2) is 7.54. The lowest BCUT2D eigenvalue weighted by molar-refractivity contribution is -0.130. The SMILES string of the molecule is CCNC(C)CC(=O)N(C)Cc1ccccc1Br. The summed E-state index contributed by atoms with van der Waals surface area (Å²) in [5.41, 5.74) is 1.13. The van der Waals surface area contributed by atoms with Crippen LogP contribution in [0.15, 0.2) is 28.7 Å². The van der Waals surface area contributed by atoms with Crippen LogP contribution >= 0.6 is 15.9 Å². The number of benzene rings is 1. The fourth-order valence-electron chi connectivity index (χ4n) is 1.81. The van der Waals surface area contributed by atoms with E-state index in [1.165, 1.54) is 0 Å². The van der Waals surface area contributed by atoms with Gasteiger partial charge in [0.1, 0.15) is 0 Å². The number of nitrogens with one attached hydrogen (secondary N) is 1. The molecule has 3 nitrogen and oxygen atoms in total. The van der Waals surface area contributed by atoms with E-state index in [9.17, 15) is 4.79 Å². The summed E-state index contributed by atoms with van der Waals surface area (Å²) < 4.78 is 1.05. The molecule has 1 atom stereocenters. The fourth-order valence-corrected chi connectivity index (χ4v) is 2.22. The van der Waals surface area contributed by atoms with Crippen LogP contribution in [0.25, 0.3) is 0 Å². The zero-order valence-corrected chi connectivity index (χ0v) is 12.8. The number of amides is 1. The van der Waals surface area contributed by atoms with E-state index in [1.807, 2.05) is 45.2 Å². The Morgan fingerprint density at radius 2 is 2.11 bits per heavy atom. The van der Waals surface area contributed by atoms with Crippen molar-refractivity contribution >= 4 is 21.8 Å². The number of hydrogen-bond acceptors (Lipinski definition) is 2. The van der Waals surface area contributed by atoms with Crippen LogP contribution in [0.2, 0.25) is 0 Å². The predicted molar refractivity (Wildman–Crippen MR) is 78.4 cm³/mol. The van der Waals surface area contributed by atoms with Gasteiger partial charge in [0, 0.05) is 30.5 Å². The van der Waals surface area contributed by atoms with Crippen molar-refractivity contribution in [2.24, 2.45) is 0 Å². The van der Waals surface area contributed by atoms with Crippen molar-refractivity contribution in [3.8, 4) is 0 Å². The highest BCUT2D eigenvalue weighted by atomic mass is 79.9. The number of carbonyl (C=O) groups excluding carboxylic acids is 1. The van der Waals surface area contributed by atoms with Crippen molar-refractivity contribution in [2.45, 2.75) is 32.9 Å². The Bertz CT molecular complexity index is 395. The Kier molecular flexibility index (Phi) is 6.36. The molecule has 1 N–H and O–H groups in total. The lowest BCUT2D eigenvalue weighted by Crippen LogP contribution is -2.34. The van der Waals surface area contributed by atoms with Crippen molar-refractivity contribution in [1.29, 1.82) is 0 Å². The quantitative estimate of drug-likeness (QED) is 0.876. The van der Waals surface area contributed by atoms with Gasteiger partial charge in [-0.3, -0.25) is 4.79 Å². The number of nitrogens with zero attached hydrogens (tertiary/aromatic N) is 1. The molecule has 0 heterocycles. The summed E-state index contributed by atoms with van der Waals surface area (Å²) in [6, 6.07) is 8.21. The molecule has 0 aromatic heterocycles. The van der Waals surface area contributed by atoms with Crippen molar-refractivity contribution in [1.82, 2.24) is 10.2 Å². The Morgan fingerprint density at radius 1 is 1.44 bits per heavy atom. The van der Waals surface area contributed by atoms with Gasteiger partial charge in [-0.2, -0.15) is 0 Å². The number of carbonyl (C=O) groups is 1. The van der Waals surface area contributed by atoms with Crippen LogP contribution in [-0.2, 0) is 11.3 Å². The summed E-state index contributed by atoms with van der Waals surface area (Å²) in [7, 11) is 1.85. The molecule has 0 aliphatic heterocycles. The summed E-state index contributed by atoms with van der Waals surface area (Å²) in [5, 5.41) is 3.25. The molecule has 0 bridgehead atoms. The fraction of sp³-hybridized carbons (Fsp3) is 0.500. The first-order valence-electron chi connectivity index (χ1n) is 6.25. The summed E-state index contributed by atoms with van der Waals surface area (Å²) >= 11 is 3.50. The third-order valence-electron chi connectivity index (χ3n) is 2.82. The number of rotatable bonds is 6. The highest BCUT2D eigenvalue weighted by Gasteiger charge is 2.13. The Labute approximate surface area is 118 Å². The van der Waals surface area contributed by atoms with E-state index in [0.717, 1.165) is 16.6 Å². The van der Waals surface area contributed by atoms with E-state index in [0.29, 0.717) is 13.0 Å². The van der Waals surface area contributed by atoms with Crippen LogP contribution in [0.5, 0.6) is 0 Å². The topological polar surface area (TPSA) is 32.3 Å². The van der Waals surface area contributed by atoms with Gasteiger partial charge in [0.25, 0.3) is 0 Å². The maximum atomic E-state index is 12.0. The smallest absolute Gasteiger partial charge is 0.224 e. The first-order chi connectivity index (χ1) is 8.54. The largest absolute Gasteiger partial charge is 0.341 e. The molecule has 0 saturated heterocycles. The molecule has 1 aromatic rings. The highest BCUT2D eigenvalue weighted by Crippen LogP contribution is 2.17. The highest BCUT2D eigenvalue weighted by molar-refractivity contribution is 9.10. The monoisotopic (exact) mass is 312 g/mol.